The SMILES string of the molecule is Cc1ccc(N2C(=O)c3cnc4n[nH]c(C)c4c3C2=O)c(F)c1. The van der Waals surface area contributed by atoms with Gasteiger partial charge in [0.2, 0.25) is 0 Å². The van der Waals surface area contributed by atoms with Crippen LogP contribution in [0.25, 0.3) is 11.0 Å². The highest BCUT2D eigenvalue weighted by molar-refractivity contribution is 6.37. The van der Waals surface area contributed by atoms with Crippen LogP contribution in [-0.4, -0.2) is 27.0 Å². The van der Waals surface area contributed by atoms with E-state index in [1.807, 2.05) is 0 Å². The molecule has 6 nitrogen and oxygen atoms in total. The highest BCUT2D eigenvalue weighted by Gasteiger charge is 2.40. The van der Waals surface area contributed by atoms with E-state index in [2.05, 4.69) is 15.2 Å². The molecule has 1 aliphatic heterocycles. The number of benzene rings is 1. The molecule has 0 saturated carbocycles. The van der Waals surface area contributed by atoms with E-state index in [-0.39, 0.29) is 16.8 Å². The maximum absolute atomic E-state index is 14.2. The summed E-state index contributed by atoms with van der Waals surface area (Å²) >= 11 is 0. The van der Waals surface area contributed by atoms with Crippen LogP contribution < -0.4 is 4.90 Å². The summed E-state index contributed by atoms with van der Waals surface area (Å²) in [5, 5.41) is 7.23. The second-order valence-electron chi connectivity index (χ2n) is 5.49. The van der Waals surface area contributed by atoms with Crippen molar-refractivity contribution in [2.45, 2.75) is 13.8 Å². The normalized spacial score (nSPS) is 14.0. The fourth-order valence-electron chi connectivity index (χ4n) is 2.85. The summed E-state index contributed by atoms with van der Waals surface area (Å²) in [6.45, 7) is 3.47. The van der Waals surface area contributed by atoms with Crippen molar-refractivity contribution in [3.05, 3.63) is 52.6 Å². The molecule has 0 radical (unpaired) electrons. The molecule has 0 spiro atoms. The molecule has 7 heteroatoms. The predicted molar refractivity (Wildman–Crippen MR) is 80.9 cm³/mol. The van der Waals surface area contributed by atoms with Gasteiger partial charge >= 0.3 is 0 Å². The van der Waals surface area contributed by atoms with Crippen LogP contribution in [0.3, 0.4) is 0 Å². The van der Waals surface area contributed by atoms with Crippen molar-refractivity contribution in [2.24, 2.45) is 0 Å². The minimum atomic E-state index is -0.618. The van der Waals surface area contributed by atoms with Crippen LogP contribution in [0.2, 0.25) is 0 Å². The summed E-state index contributed by atoms with van der Waals surface area (Å²) in [7, 11) is 0. The largest absolute Gasteiger partial charge is 0.280 e. The van der Waals surface area contributed by atoms with E-state index in [1.54, 1.807) is 19.9 Å². The van der Waals surface area contributed by atoms with E-state index < -0.39 is 17.6 Å². The Labute approximate surface area is 129 Å². The van der Waals surface area contributed by atoms with Crippen LogP contribution in [0.15, 0.2) is 24.4 Å². The van der Waals surface area contributed by atoms with Crippen LogP contribution in [0.5, 0.6) is 0 Å². The number of amides is 2. The van der Waals surface area contributed by atoms with Crippen molar-refractivity contribution >= 4 is 28.5 Å². The van der Waals surface area contributed by atoms with Crippen molar-refractivity contribution in [2.75, 3.05) is 4.90 Å². The first kappa shape index (κ1) is 13.6. The van der Waals surface area contributed by atoms with E-state index >= 15 is 0 Å². The second kappa shape index (κ2) is 4.45. The van der Waals surface area contributed by atoms with E-state index in [0.29, 0.717) is 22.3 Å². The van der Waals surface area contributed by atoms with Gasteiger partial charge in [-0.15, -0.1) is 0 Å². The molecule has 0 fully saturated rings. The van der Waals surface area contributed by atoms with E-state index in [0.717, 1.165) is 4.90 Å². The molecular weight excluding hydrogens is 299 g/mol. The van der Waals surface area contributed by atoms with E-state index in [9.17, 15) is 14.0 Å². The lowest BCUT2D eigenvalue weighted by Crippen LogP contribution is -2.30. The van der Waals surface area contributed by atoms with Gasteiger partial charge in [-0.3, -0.25) is 14.7 Å². The zero-order chi connectivity index (χ0) is 16.3. The second-order valence-corrected chi connectivity index (χ2v) is 5.49. The van der Waals surface area contributed by atoms with Crippen LogP contribution in [0.1, 0.15) is 32.0 Å². The zero-order valence-corrected chi connectivity index (χ0v) is 12.3. The van der Waals surface area contributed by atoms with Gasteiger partial charge in [0.15, 0.2) is 5.65 Å². The van der Waals surface area contributed by atoms with Crippen LogP contribution in [0, 0.1) is 19.7 Å². The average molecular weight is 310 g/mol. The summed E-state index contributed by atoms with van der Waals surface area (Å²) in [5.74, 6) is -1.76. The number of aryl methyl sites for hydroxylation is 2. The maximum Gasteiger partial charge on any atom is 0.267 e. The third kappa shape index (κ3) is 1.73. The molecule has 1 N–H and O–H groups in total. The molecule has 23 heavy (non-hydrogen) atoms. The van der Waals surface area contributed by atoms with Crippen LogP contribution in [0.4, 0.5) is 10.1 Å². The summed E-state index contributed by atoms with van der Waals surface area (Å²) in [6, 6.07) is 4.37. The number of pyridine rings is 1. The van der Waals surface area contributed by atoms with Crippen molar-refractivity contribution < 1.29 is 14.0 Å². The third-order valence-electron chi connectivity index (χ3n) is 3.96. The highest BCUT2D eigenvalue weighted by Crippen LogP contribution is 2.34. The van der Waals surface area contributed by atoms with E-state index in [1.165, 1.54) is 18.3 Å². The Morgan fingerprint density at radius 2 is 1.96 bits per heavy atom. The fraction of sp³-hybridized carbons (Fsp3) is 0.125. The lowest BCUT2D eigenvalue weighted by atomic mass is 10.1. The number of carbonyl (C=O) groups is 2. The molecule has 0 saturated heterocycles. The monoisotopic (exact) mass is 310 g/mol. The molecular formula is C16H11FN4O2. The van der Waals surface area contributed by atoms with Gasteiger partial charge in [-0.1, -0.05) is 6.07 Å². The van der Waals surface area contributed by atoms with Gasteiger partial charge in [0.1, 0.15) is 5.82 Å². The maximum atomic E-state index is 14.2. The molecule has 2 aromatic heterocycles. The number of nitrogens with zero attached hydrogens (tertiary/aromatic N) is 3. The molecule has 2 amide bonds. The van der Waals surface area contributed by atoms with Gasteiger partial charge < -0.3 is 0 Å². The lowest BCUT2D eigenvalue weighted by Gasteiger charge is -2.15. The number of H-pyrrole nitrogens is 1. The number of halogens is 1. The molecule has 1 aliphatic rings. The number of aromatic nitrogens is 3. The predicted octanol–water partition coefficient (Wildman–Crippen LogP) is 2.51. The number of hydrogen-bond acceptors (Lipinski definition) is 4. The number of anilines is 1. The first-order valence-electron chi connectivity index (χ1n) is 6.97. The lowest BCUT2D eigenvalue weighted by molar-refractivity contribution is 0.0925. The van der Waals surface area contributed by atoms with Gasteiger partial charge in [-0.05, 0) is 31.5 Å². The molecule has 1 aromatic carbocycles. The fourth-order valence-corrected chi connectivity index (χ4v) is 2.85. The van der Waals surface area contributed by atoms with Crippen molar-refractivity contribution in [1.29, 1.82) is 0 Å². The number of aromatic amines is 1. The highest BCUT2D eigenvalue weighted by atomic mass is 19.1. The topological polar surface area (TPSA) is 79.0 Å². The third-order valence-corrected chi connectivity index (χ3v) is 3.96. The van der Waals surface area contributed by atoms with Crippen molar-refractivity contribution in [3.8, 4) is 0 Å². The molecule has 4 rings (SSSR count). The van der Waals surface area contributed by atoms with E-state index in [4.69, 9.17) is 0 Å². The number of hydrogen-bond donors (Lipinski definition) is 1. The van der Waals surface area contributed by atoms with Crippen molar-refractivity contribution in [1.82, 2.24) is 15.2 Å². The summed E-state index contributed by atoms with van der Waals surface area (Å²) in [4.78, 5) is 30.3. The quantitative estimate of drug-likeness (QED) is 0.700. The minimum absolute atomic E-state index is 0.0592. The molecule has 0 unspecified atom stereocenters. The smallest absolute Gasteiger partial charge is 0.267 e. The molecule has 114 valence electrons. The Balaban J connectivity index is 1.96. The minimum Gasteiger partial charge on any atom is -0.280 e. The van der Waals surface area contributed by atoms with Gasteiger partial charge in [0.05, 0.1) is 22.2 Å². The molecule has 0 aliphatic carbocycles. The zero-order valence-electron chi connectivity index (χ0n) is 12.3. The number of imide groups is 1. The Hall–Kier alpha value is -3.09. The summed E-state index contributed by atoms with van der Waals surface area (Å²) in [6.07, 6.45) is 1.31. The van der Waals surface area contributed by atoms with Crippen molar-refractivity contribution in [3.63, 3.8) is 0 Å². The Bertz CT molecular complexity index is 1010. The standard InChI is InChI=1S/C16H11FN4O2/c1-7-3-4-11(10(17)5-7)21-15(22)9-6-18-14-12(8(2)19-20-14)13(9)16(21)23/h3-6H,1-2H3,(H,18,19,20). The Kier molecular flexibility index (Phi) is 2.63. The van der Waals surface area contributed by atoms with Crippen LogP contribution in [-0.2, 0) is 0 Å². The average Bonchev–Trinajstić information content (AvgIpc) is 3.00. The number of rotatable bonds is 1. The van der Waals surface area contributed by atoms with Gasteiger partial charge in [-0.2, -0.15) is 5.10 Å². The summed E-state index contributed by atoms with van der Waals surface area (Å²) in [5.41, 5.74) is 2.01. The first-order chi connectivity index (χ1) is 11.0. The molecule has 0 bridgehead atoms. The number of fused-ring (bicyclic) bond motifs is 3. The molecule has 3 aromatic rings. The van der Waals surface area contributed by atoms with Gasteiger partial charge in [-0.25, -0.2) is 14.3 Å². The number of carbonyl (C=O) groups excluding carboxylic acids is 2. The summed E-state index contributed by atoms with van der Waals surface area (Å²) < 4.78 is 14.2. The van der Waals surface area contributed by atoms with Crippen LogP contribution >= 0.6 is 0 Å². The Morgan fingerprint density at radius 3 is 2.70 bits per heavy atom. The van der Waals surface area contributed by atoms with Gasteiger partial charge in [0, 0.05) is 11.9 Å². The Morgan fingerprint density at radius 1 is 1.17 bits per heavy atom. The molecule has 3 heterocycles. The van der Waals surface area contributed by atoms with Gasteiger partial charge in [0.25, 0.3) is 11.8 Å². The number of nitrogens with one attached hydrogen (secondary N) is 1. The first-order valence-corrected chi connectivity index (χ1v) is 6.97. The molecule has 0 atom stereocenters.